The fourth-order valence-electron chi connectivity index (χ4n) is 4.18. The minimum absolute atomic E-state index is 0.519. The molecule has 5 aromatic rings. The van der Waals surface area contributed by atoms with Gasteiger partial charge in [0.1, 0.15) is 25.6 Å². The van der Waals surface area contributed by atoms with Crippen molar-refractivity contribution >= 4 is 0 Å². The fraction of sp³-hybridized carbons (Fsp3) is 0.100. The van der Waals surface area contributed by atoms with Gasteiger partial charge in [0.15, 0.2) is 11.5 Å². The molecule has 0 amide bonds. The second kappa shape index (κ2) is 9.39. The molecule has 172 valence electrons. The highest BCUT2D eigenvalue weighted by Gasteiger charge is 2.17. The highest BCUT2D eigenvalue weighted by atomic mass is 16.6. The maximum atomic E-state index is 6.09. The average Bonchev–Trinajstić information content (AvgIpc) is 3.39. The number of fused-ring (bicyclic) bond motifs is 1. The predicted octanol–water partition coefficient (Wildman–Crippen LogP) is 6.56. The topological polar surface area (TPSA) is 45.5 Å². The summed E-state index contributed by atoms with van der Waals surface area (Å²) in [6.07, 6.45) is 0. The van der Waals surface area contributed by atoms with Gasteiger partial charge in [-0.1, -0.05) is 60.7 Å². The van der Waals surface area contributed by atoms with E-state index in [0.717, 1.165) is 51.0 Å². The summed E-state index contributed by atoms with van der Waals surface area (Å²) in [5, 5.41) is 4.98. The van der Waals surface area contributed by atoms with Gasteiger partial charge in [-0.3, -0.25) is 0 Å². The molecule has 0 fully saturated rings. The van der Waals surface area contributed by atoms with Crippen LogP contribution >= 0.6 is 0 Å². The SMILES string of the molecule is c1ccc(COc2cccc(-c3cc(-c4ccc5c(c4)OCCO5)nn3-c3ccccc3)c2)cc1. The van der Waals surface area contributed by atoms with Gasteiger partial charge >= 0.3 is 0 Å². The van der Waals surface area contributed by atoms with Crippen molar-refractivity contribution in [2.75, 3.05) is 13.2 Å². The molecular weight excluding hydrogens is 436 g/mol. The van der Waals surface area contributed by atoms with Gasteiger partial charge in [-0.05, 0) is 54.1 Å². The van der Waals surface area contributed by atoms with E-state index in [1.54, 1.807) is 0 Å². The van der Waals surface area contributed by atoms with E-state index in [0.29, 0.717) is 19.8 Å². The largest absolute Gasteiger partial charge is 0.489 e. The zero-order chi connectivity index (χ0) is 23.5. The van der Waals surface area contributed by atoms with Crippen LogP contribution < -0.4 is 14.2 Å². The average molecular weight is 461 g/mol. The zero-order valence-corrected chi connectivity index (χ0v) is 19.1. The smallest absolute Gasteiger partial charge is 0.162 e. The number of aromatic nitrogens is 2. The Hall–Kier alpha value is -4.51. The lowest BCUT2D eigenvalue weighted by Crippen LogP contribution is -2.15. The summed E-state index contributed by atoms with van der Waals surface area (Å²) in [4.78, 5) is 0. The first-order valence-electron chi connectivity index (χ1n) is 11.7. The molecule has 0 N–H and O–H groups in total. The minimum Gasteiger partial charge on any atom is -0.489 e. The molecular formula is C30H24N2O3. The molecule has 6 rings (SSSR count). The molecule has 0 aliphatic carbocycles. The summed E-state index contributed by atoms with van der Waals surface area (Å²) in [7, 11) is 0. The lowest BCUT2D eigenvalue weighted by molar-refractivity contribution is 0.171. The Balaban J connectivity index is 1.38. The molecule has 0 saturated carbocycles. The summed E-state index contributed by atoms with van der Waals surface area (Å²) >= 11 is 0. The summed E-state index contributed by atoms with van der Waals surface area (Å²) in [6, 6.07) is 36.5. The molecule has 0 bridgehead atoms. The number of rotatable bonds is 6. The van der Waals surface area contributed by atoms with Crippen LogP contribution in [0.4, 0.5) is 0 Å². The number of nitrogens with zero attached hydrogens (tertiary/aromatic N) is 2. The molecule has 1 aliphatic rings. The van der Waals surface area contributed by atoms with Crippen molar-refractivity contribution in [3.63, 3.8) is 0 Å². The van der Waals surface area contributed by atoms with Crippen LogP contribution in [0.1, 0.15) is 5.56 Å². The Kier molecular flexibility index (Phi) is 5.65. The van der Waals surface area contributed by atoms with Gasteiger partial charge in [0.05, 0.1) is 17.1 Å². The van der Waals surface area contributed by atoms with Gasteiger partial charge in [-0.2, -0.15) is 5.10 Å². The van der Waals surface area contributed by atoms with E-state index in [4.69, 9.17) is 19.3 Å². The van der Waals surface area contributed by atoms with Gasteiger partial charge in [0, 0.05) is 11.1 Å². The molecule has 4 aromatic carbocycles. The van der Waals surface area contributed by atoms with Crippen molar-refractivity contribution in [1.82, 2.24) is 9.78 Å². The quantitative estimate of drug-likeness (QED) is 0.288. The van der Waals surface area contributed by atoms with Crippen LogP contribution in [-0.4, -0.2) is 23.0 Å². The highest BCUT2D eigenvalue weighted by molar-refractivity contribution is 5.72. The van der Waals surface area contributed by atoms with Crippen LogP contribution in [0, 0.1) is 0 Å². The fourth-order valence-corrected chi connectivity index (χ4v) is 4.18. The first-order valence-corrected chi connectivity index (χ1v) is 11.7. The van der Waals surface area contributed by atoms with E-state index in [2.05, 4.69) is 42.5 Å². The van der Waals surface area contributed by atoms with Crippen LogP contribution in [0.3, 0.4) is 0 Å². The molecule has 5 heteroatoms. The molecule has 0 saturated heterocycles. The molecule has 1 aliphatic heterocycles. The van der Waals surface area contributed by atoms with Crippen molar-refractivity contribution in [3.8, 4) is 45.5 Å². The zero-order valence-electron chi connectivity index (χ0n) is 19.1. The third-order valence-corrected chi connectivity index (χ3v) is 5.93. The summed E-state index contributed by atoms with van der Waals surface area (Å²) in [5.74, 6) is 2.33. The van der Waals surface area contributed by atoms with E-state index >= 15 is 0 Å². The molecule has 1 aromatic heterocycles. The second-order valence-corrected chi connectivity index (χ2v) is 8.32. The first kappa shape index (κ1) is 21.1. The monoisotopic (exact) mass is 460 g/mol. The Morgan fingerprint density at radius 3 is 2.29 bits per heavy atom. The number of ether oxygens (including phenoxy) is 3. The Labute approximate surface area is 204 Å². The van der Waals surface area contributed by atoms with Crippen molar-refractivity contribution < 1.29 is 14.2 Å². The number of benzene rings is 4. The number of hydrogen-bond donors (Lipinski definition) is 0. The molecule has 0 spiro atoms. The lowest BCUT2D eigenvalue weighted by Gasteiger charge is -2.18. The highest BCUT2D eigenvalue weighted by Crippen LogP contribution is 2.36. The summed E-state index contributed by atoms with van der Waals surface area (Å²) < 4.78 is 19.5. The van der Waals surface area contributed by atoms with Gasteiger partial charge in [-0.25, -0.2) is 4.68 Å². The van der Waals surface area contributed by atoms with Crippen LogP contribution in [0.15, 0.2) is 109 Å². The maximum Gasteiger partial charge on any atom is 0.162 e. The number of hydrogen-bond acceptors (Lipinski definition) is 4. The molecule has 0 radical (unpaired) electrons. The van der Waals surface area contributed by atoms with Crippen LogP contribution in [0.2, 0.25) is 0 Å². The van der Waals surface area contributed by atoms with Crippen LogP contribution in [-0.2, 0) is 6.61 Å². The molecule has 0 unspecified atom stereocenters. The number of para-hydroxylation sites is 1. The van der Waals surface area contributed by atoms with Crippen LogP contribution in [0.5, 0.6) is 17.2 Å². The van der Waals surface area contributed by atoms with E-state index in [1.165, 1.54) is 0 Å². The van der Waals surface area contributed by atoms with E-state index in [1.807, 2.05) is 71.4 Å². The maximum absolute atomic E-state index is 6.09. The minimum atomic E-state index is 0.519. The summed E-state index contributed by atoms with van der Waals surface area (Å²) in [6.45, 7) is 1.64. The van der Waals surface area contributed by atoms with Gasteiger partial charge in [-0.15, -0.1) is 0 Å². The van der Waals surface area contributed by atoms with Gasteiger partial charge in [0.25, 0.3) is 0 Å². The predicted molar refractivity (Wildman–Crippen MR) is 136 cm³/mol. The third-order valence-electron chi connectivity index (χ3n) is 5.93. The molecule has 2 heterocycles. The molecule has 0 atom stereocenters. The standard InChI is InChI=1S/C30H24N2O3/c1-3-8-22(9-4-1)21-35-26-13-7-10-24(18-26)28-20-27(31-32(28)25-11-5-2-6-12-25)23-14-15-29-30(19-23)34-17-16-33-29/h1-15,18-20H,16-17,21H2. The first-order chi connectivity index (χ1) is 17.3. The van der Waals surface area contributed by atoms with Gasteiger partial charge < -0.3 is 14.2 Å². The van der Waals surface area contributed by atoms with Crippen molar-refractivity contribution in [1.29, 1.82) is 0 Å². The van der Waals surface area contributed by atoms with Crippen molar-refractivity contribution in [2.45, 2.75) is 6.61 Å². The summed E-state index contributed by atoms with van der Waals surface area (Å²) in [5.41, 5.74) is 5.95. The molecule has 35 heavy (non-hydrogen) atoms. The Morgan fingerprint density at radius 2 is 1.46 bits per heavy atom. The van der Waals surface area contributed by atoms with E-state index in [-0.39, 0.29) is 0 Å². The van der Waals surface area contributed by atoms with E-state index in [9.17, 15) is 0 Å². The Bertz CT molecular complexity index is 1450. The lowest BCUT2D eigenvalue weighted by atomic mass is 10.1. The molecule has 5 nitrogen and oxygen atoms in total. The second-order valence-electron chi connectivity index (χ2n) is 8.32. The Morgan fingerprint density at radius 1 is 0.686 bits per heavy atom. The van der Waals surface area contributed by atoms with E-state index < -0.39 is 0 Å². The van der Waals surface area contributed by atoms with Crippen molar-refractivity contribution in [3.05, 3.63) is 115 Å². The van der Waals surface area contributed by atoms with Crippen LogP contribution in [0.25, 0.3) is 28.2 Å². The normalized spacial score (nSPS) is 12.3. The van der Waals surface area contributed by atoms with Gasteiger partial charge in [0.2, 0.25) is 0 Å². The van der Waals surface area contributed by atoms with Crippen molar-refractivity contribution in [2.24, 2.45) is 0 Å². The third kappa shape index (κ3) is 4.49.